The van der Waals surface area contributed by atoms with Gasteiger partial charge in [-0.15, -0.1) is 0 Å². The van der Waals surface area contributed by atoms with Gasteiger partial charge in [-0.25, -0.2) is 4.39 Å². The molecule has 228 valence electrons. The number of nitrogens with one attached hydrogen (secondary N) is 1. The third kappa shape index (κ3) is 5.03. The van der Waals surface area contributed by atoms with Gasteiger partial charge >= 0.3 is 6.18 Å². The van der Waals surface area contributed by atoms with Crippen LogP contribution in [0.15, 0.2) is 84.1 Å². The van der Waals surface area contributed by atoms with Crippen molar-refractivity contribution in [3.8, 4) is 11.8 Å². The monoisotopic (exact) mass is 632 g/mol. The lowest BCUT2D eigenvalue weighted by molar-refractivity contribution is -0.137. The molecular formula is C33H24F4N4O3S. The van der Waals surface area contributed by atoms with E-state index in [1.807, 2.05) is 30.4 Å². The van der Waals surface area contributed by atoms with E-state index in [9.17, 15) is 22.8 Å². The summed E-state index contributed by atoms with van der Waals surface area (Å²) in [6.45, 7) is 3.00. The first-order valence-electron chi connectivity index (χ1n) is 13.9. The summed E-state index contributed by atoms with van der Waals surface area (Å²) in [5.74, 6) is -0.877. The van der Waals surface area contributed by atoms with E-state index >= 15 is 4.39 Å². The van der Waals surface area contributed by atoms with Crippen LogP contribution in [-0.2, 0) is 11.0 Å². The van der Waals surface area contributed by atoms with Gasteiger partial charge in [-0.3, -0.25) is 14.5 Å². The van der Waals surface area contributed by atoms with Gasteiger partial charge in [-0.2, -0.15) is 18.4 Å². The number of nitriles is 1. The fraction of sp³-hybridized carbons (Fsp3) is 0.212. The van der Waals surface area contributed by atoms with Gasteiger partial charge in [-0.05, 0) is 75.0 Å². The number of rotatable bonds is 4. The summed E-state index contributed by atoms with van der Waals surface area (Å²) in [7, 11) is 0. The third-order valence-corrected chi connectivity index (χ3v) is 8.38. The van der Waals surface area contributed by atoms with E-state index in [-0.39, 0.29) is 22.1 Å². The molecule has 3 aliphatic rings. The first-order chi connectivity index (χ1) is 21.3. The number of halogens is 4. The van der Waals surface area contributed by atoms with Crippen molar-refractivity contribution in [1.82, 2.24) is 5.32 Å². The molecule has 0 saturated carbocycles. The number of para-hydroxylation sites is 1. The Bertz CT molecular complexity index is 1890. The van der Waals surface area contributed by atoms with Crippen molar-refractivity contribution in [3.63, 3.8) is 0 Å². The first-order valence-corrected chi connectivity index (χ1v) is 14.3. The lowest BCUT2D eigenvalue weighted by Gasteiger charge is -2.32. The standard InChI is InChI=1S/C33H24F4N4O3S/c1-32(2)30(43)40(19-12-11-18(17-38)24(15-19)33(35,36)37)31(45)41(32)20-13-14-21(25(34)16-20)29(42)39-28-22-7-3-5-9-26(22)44-27-10-6-4-8-23(27)28/h3-5,7-9,11-16,28H,6,10H2,1-2H3,(H,39,42). The molecule has 1 fully saturated rings. The summed E-state index contributed by atoms with van der Waals surface area (Å²) >= 11 is 5.54. The molecule has 3 aromatic carbocycles. The summed E-state index contributed by atoms with van der Waals surface area (Å²) in [5.41, 5.74) is -2.06. The zero-order chi connectivity index (χ0) is 32.3. The van der Waals surface area contributed by atoms with E-state index in [1.54, 1.807) is 6.07 Å². The minimum absolute atomic E-state index is 0.121. The average Bonchev–Trinajstić information content (AvgIpc) is 3.18. The van der Waals surface area contributed by atoms with Crippen LogP contribution < -0.4 is 19.9 Å². The SMILES string of the molecule is CC1(C)C(=O)N(c2ccc(C#N)c(C(F)(F)F)c2)C(=S)N1c1ccc(C(=O)NC2C3=C(CCC=C3)Oc3ccccc32)c(F)c1. The Morgan fingerprint density at radius 2 is 1.84 bits per heavy atom. The molecule has 1 saturated heterocycles. The normalized spacial score (nSPS) is 18.7. The van der Waals surface area contributed by atoms with Crippen LogP contribution in [-0.4, -0.2) is 22.5 Å². The zero-order valence-electron chi connectivity index (χ0n) is 23.9. The van der Waals surface area contributed by atoms with Crippen molar-refractivity contribution in [2.24, 2.45) is 0 Å². The predicted octanol–water partition coefficient (Wildman–Crippen LogP) is 7.10. The molecule has 1 atom stereocenters. The first kappa shape index (κ1) is 30.0. The van der Waals surface area contributed by atoms with E-state index in [2.05, 4.69) is 5.32 Å². The molecular weight excluding hydrogens is 608 g/mol. The molecule has 2 amide bonds. The molecule has 1 N–H and O–H groups in total. The Labute approximate surface area is 261 Å². The number of hydrogen-bond acceptors (Lipinski definition) is 5. The van der Waals surface area contributed by atoms with E-state index in [1.165, 1.54) is 43.0 Å². The summed E-state index contributed by atoms with van der Waals surface area (Å²) in [5, 5.41) is 11.9. The van der Waals surface area contributed by atoms with Gasteiger partial charge in [0.05, 0.1) is 34.5 Å². The number of carbonyl (C=O) groups excluding carboxylic acids is 2. The third-order valence-electron chi connectivity index (χ3n) is 8.02. The lowest BCUT2D eigenvalue weighted by Crippen LogP contribution is -2.44. The van der Waals surface area contributed by atoms with E-state index < -0.39 is 46.5 Å². The highest BCUT2D eigenvalue weighted by Crippen LogP contribution is 2.42. The van der Waals surface area contributed by atoms with Gasteiger partial charge in [0.15, 0.2) is 5.11 Å². The van der Waals surface area contributed by atoms with Crippen LogP contribution in [0.4, 0.5) is 28.9 Å². The number of benzene rings is 3. The minimum atomic E-state index is -4.85. The molecule has 0 bridgehead atoms. The highest BCUT2D eigenvalue weighted by atomic mass is 32.1. The smallest absolute Gasteiger partial charge is 0.417 e. The molecule has 0 aromatic heterocycles. The molecule has 6 rings (SSSR count). The van der Waals surface area contributed by atoms with Crippen molar-refractivity contribution in [1.29, 1.82) is 5.26 Å². The second-order valence-electron chi connectivity index (χ2n) is 11.2. The van der Waals surface area contributed by atoms with Crippen molar-refractivity contribution in [2.45, 2.75) is 44.4 Å². The molecule has 1 aliphatic carbocycles. The Morgan fingerprint density at radius 3 is 2.56 bits per heavy atom. The highest BCUT2D eigenvalue weighted by molar-refractivity contribution is 7.81. The number of carbonyl (C=O) groups is 2. The lowest BCUT2D eigenvalue weighted by atomic mass is 9.90. The maximum Gasteiger partial charge on any atom is 0.417 e. The van der Waals surface area contributed by atoms with Crippen LogP contribution in [0.1, 0.15) is 59.8 Å². The van der Waals surface area contributed by atoms with E-state index in [0.717, 1.165) is 40.3 Å². The summed E-state index contributed by atoms with van der Waals surface area (Å²) in [6.07, 6.45) is 0.484. The van der Waals surface area contributed by atoms with Gasteiger partial charge in [-0.1, -0.05) is 30.4 Å². The second-order valence-corrected chi connectivity index (χ2v) is 11.6. The number of hydrogen-bond donors (Lipinski definition) is 1. The molecule has 1 unspecified atom stereocenters. The number of allylic oxidation sites excluding steroid dienone is 2. The van der Waals surface area contributed by atoms with Crippen LogP contribution in [0.3, 0.4) is 0 Å². The fourth-order valence-corrected chi connectivity index (χ4v) is 6.31. The number of thiocarbonyl (C=S) groups is 1. The Balaban J connectivity index is 1.30. The van der Waals surface area contributed by atoms with E-state index in [0.29, 0.717) is 18.2 Å². The Morgan fingerprint density at radius 1 is 1.11 bits per heavy atom. The number of alkyl halides is 3. The van der Waals surface area contributed by atoms with Crippen LogP contribution in [0.2, 0.25) is 0 Å². The molecule has 45 heavy (non-hydrogen) atoms. The maximum atomic E-state index is 15.7. The summed E-state index contributed by atoms with van der Waals surface area (Å²) < 4.78 is 62.7. The van der Waals surface area contributed by atoms with Gasteiger partial charge in [0, 0.05) is 23.2 Å². The molecule has 12 heteroatoms. The van der Waals surface area contributed by atoms with Gasteiger partial charge in [0.25, 0.3) is 11.8 Å². The largest absolute Gasteiger partial charge is 0.461 e. The zero-order valence-corrected chi connectivity index (χ0v) is 24.7. The van der Waals surface area contributed by atoms with Gasteiger partial charge in [0.2, 0.25) is 0 Å². The molecule has 0 radical (unpaired) electrons. The number of anilines is 2. The Kier molecular flexibility index (Phi) is 7.24. The fourth-order valence-electron chi connectivity index (χ4n) is 5.79. The van der Waals surface area contributed by atoms with Crippen molar-refractivity contribution in [3.05, 3.63) is 112 Å². The van der Waals surface area contributed by atoms with Crippen molar-refractivity contribution >= 4 is 40.5 Å². The molecule has 7 nitrogen and oxygen atoms in total. The van der Waals surface area contributed by atoms with Crippen molar-refractivity contribution in [2.75, 3.05) is 9.80 Å². The number of fused-ring (bicyclic) bond motifs is 1. The van der Waals surface area contributed by atoms with Crippen molar-refractivity contribution < 1.29 is 31.9 Å². The molecule has 3 aromatic rings. The van der Waals surface area contributed by atoms with Gasteiger partial charge in [0.1, 0.15) is 22.9 Å². The second kappa shape index (κ2) is 10.9. The Hall–Kier alpha value is -5.02. The van der Waals surface area contributed by atoms with Crippen LogP contribution in [0.25, 0.3) is 0 Å². The van der Waals surface area contributed by atoms with E-state index in [4.69, 9.17) is 22.2 Å². The summed E-state index contributed by atoms with van der Waals surface area (Å²) in [4.78, 5) is 29.2. The topological polar surface area (TPSA) is 85.7 Å². The quantitative estimate of drug-likeness (QED) is 0.244. The highest BCUT2D eigenvalue weighted by Gasteiger charge is 2.51. The molecule has 2 heterocycles. The number of amides is 2. The number of ether oxygens (including phenoxy) is 1. The molecule has 0 spiro atoms. The summed E-state index contributed by atoms with van der Waals surface area (Å²) in [6, 6.07) is 14.8. The van der Waals surface area contributed by atoms with Gasteiger partial charge < -0.3 is 15.0 Å². The minimum Gasteiger partial charge on any atom is -0.461 e. The van der Waals surface area contributed by atoms with Crippen LogP contribution in [0, 0.1) is 17.1 Å². The maximum absolute atomic E-state index is 15.7. The average molecular weight is 633 g/mol. The van der Waals surface area contributed by atoms with Crippen LogP contribution >= 0.6 is 12.2 Å². The van der Waals surface area contributed by atoms with Crippen LogP contribution in [0.5, 0.6) is 5.75 Å². The number of nitrogens with zero attached hydrogens (tertiary/aromatic N) is 3. The molecule has 2 aliphatic heterocycles. The predicted molar refractivity (Wildman–Crippen MR) is 162 cm³/mol.